The molecular weight excluding hydrogens is 474 g/mol. The van der Waals surface area contributed by atoms with Crippen molar-refractivity contribution in [1.29, 1.82) is 0 Å². The van der Waals surface area contributed by atoms with Gasteiger partial charge in [0.2, 0.25) is 17.7 Å². The average molecular weight is 516 g/mol. The summed E-state index contributed by atoms with van der Waals surface area (Å²) in [6.45, 7) is 4.34. The van der Waals surface area contributed by atoms with Crippen molar-refractivity contribution in [2.45, 2.75) is 76.5 Å². The maximum Gasteiger partial charge on any atom is 0.326 e. The number of carboxylic acids is 1. The van der Waals surface area contributed by atoms with E-state index in [1.54, 1.807) is 6.92 Å². The lowest BCUT2D eigenvalue weighted by Gasteiger charge is -2.29. The number of rotatable bonds is 15. The van der Waals surface area contributed by atoms with E-state index in [0.29, 0.717) is 57.4 Å². The first kappa shape index (κ1) is 30.5. The highest BCUT2D eigenvalue weighted by atomic mass is 32.2. The number of carbonyl (C=O) groups is 4. The Hall–Kier alpha value is -2.54. The minimum absolute atomic E-state index is 0.0277. The Kier molecular flexibility index (Phi) is 13.5. The SMILES string of the molecule is CCC(C)C(NC(=O)C(CCSC)NC(=O)C1CCCN1C(=O)C(N)CCCN=C(N)N)C(=O)O. The Balaban J connectivity index is 2.84. The second-order valence-corrected chi connectivity index (χ2v) is 9.78. The van der Waals surface area contributed by atoms with E-state index in [1.165, 1.54) is 16.7 Å². The molecule has 1 heterocycles. The molecule has 13 heteroatoms. The number of thioether (sulfide) groups is 1. The number of hydrogen-bond acceptors (Lipinski definition) is 7. The molecule has 35 heavy (non-hydrogen) atoms. The maximum absolute atomic E-state index is 13.1. The molecule has 9 N–H and O–H groups in total. The van der Waals surface area contributed by atoms with Gasteiger partial charge in [0, 0.05) is 13.1 Å². The molecule has 0 bridgehead atoms. The van der Waals surface area contributed by atoms with Crippen molar-refractivity contribution >= 4 is 41.4 Å². The van der Waals surface area contributed by atoms with Crippen molar-refractivity contribution < 1.29 is 24.3 Å². The van der Waals surface area contributed by atoms with E-state index >= 15 is 0 Å². The molecule has 1 rings (SSSR count). The molecular formula is C22H41N7O5S. The third-order valence-electron chi connectivity index (χ3n) is 6.14. The Morgan fingerprint density at radius 1 is 1.20 bits per heavy atom. The largest absolute Gasteiger partial charge is 0.480 e. The highest BCUT2D eigenvalue weighted by molar-refractivity contribution is 7.98. The van der Waals surface area contributed by atoms with E-state index in [0.717, 1.165) is 0 Å². The van der Waals surface area contributed by atoms with Crippen LogP contribution in [0.25, 0.3) is 0 Å². The number of carbonyl (C=O) groups excluding carboxylic acids is 3. The third-order valence-corrected chi connectivity index (χ3v) is 6.79. The van der Waals surface area contributed by atoms with Crippen molar-refractivity contribution in [2.24, 2.45) is 28.1 Å². The summed E-state index contributed by atoms with van der Waals surface area (Å²) in [6.07, 6.45) is 4.77. The molecule has 0 spiro atoms. The minimum atomic E-state index is -1.12. The van der Waals surface area contributed by atoms with Crippen LogP contribution in [0.5, 0.6) is 0 Å². The first-order valence-electron chi connectivity index (χ1n) is 12.0. The summed E-state index contributed by atoms with van der Waals surface area (Å²) in [4.78, 5) is 55.9. The van der Waals surface area contributed by atoms with Gasteiger partial charge in [0.1, 0.15) is 18.1 Å². The van der Waals surface area contributed by atoms with E-state index in [2.05, 4.69) is 15.6 Å². The number of guanidine groups is 1. The molecule has 1 aliphatic rings. The molecule has 0 saturated carbocycles. The fraction of sp³-hybridized carbons (Fsp3) is 0.773. The van der Waals surface area contributed by atoms with Gasteiger partial charge < -0.3 is 37.8 Å². The maximum atomic E-state index is 13.1. The molecule has 12 nitrogen and oxygen atoms in total. The second-order valence-electron chi connectivity index (χ2n) is 8.80. The monoisotopic (exact) mass is 515 g/mol. The summed E-state index contributed by atoms with van der Waals surface area (Å²) in [5.41, 5.74) is 16.6. The molecule has 200 valence electrons. The van der Waals surface area contributed by atoms with Crippen molar-refractivity contribution in [3.63, 3.8) is 0 Å². The quantitative estimate of drug-likeness (QED) is 0.0916. The highest BCUT2D eigenvalue weighted by Gasteiger charge is 2.38. The second kappa shape index (κ2) is 15.5. The van der Waals surface area contributed by atoms with Crippen LogP contribution in [-0.4, -0.2) is 88.9 Å². The minimum Gasteiger partial charge on any atom is -0.480 e. The summed E-state index contributed by atoms with van der Waals surface area (Å²) < 4.78 is 0. The van der Waals surface area contributed by atoms with Crippen LogP contribution in [0.2, 0.25) is 0 Å². The molecule has 5 unspecified atom stereocenters. The van der Waals surface area contributed by atoms with Gasteiger partial charge in [0.15, 0.2) is 5.96 Å². The van der Waals surface area contributed by atoms with E-state index < -0.39 is 42.0 Å². The fourth-order valence-corrected chi connectivity index (χ4v) is 4.34. The Morgan fingerprint density at radius 2 is 1.89 bits per heavy atom. The molecule has 1 saturated heterocycles. The topological polar surface area (TPSA) is 206 Å². The molecule has 0 aromatic heterocycles. The number of nitrogens with two attached hydrogens (primary N) is 3. The number of carboxylic acid groups (broad SMARTS) is 1. The van der Waals surface area contributed by atoms with E-state index in [4.69, 9.17) is 17.2 Å². The number of aliphatic imine (C=N–C) groups is 1. The molecule has 0 aromatic rings. The Labute approximate surface area is 211 Å². The average Bonchev–Trinajstić information content (AvgIpc) is 3.31. The Morgan fingerprint density at radius 3 is 2.46 bits per heavy atom. The Bertz CT molecular complexity index is 762. The normalized spacial score (nSPS) is 18.7. The summed E-state index contributed by atoms with van der Waals surface area (Å²) >= 11 is 1.51. The van der Waals surface area contributed by atoms with Crippen LogP contribution in [-0.2, 0) is 19.2 Å². The number of nitrogens with zero attached hydrogens (tertiary/aromatic N) is 2. The summed E-state index contributed by atoms with van der Waals surface area (Å²) in [6, 6.07) is -3.49. The highest BCUT2D eigenvalue weighted by Crippen LogP contribution is 2.20. The number of nitrogens with one attached hydrogen (secondary N) is 2. The molecule has 1 fully saturated rings. The van der Waals surface area contributed by atoms with Crippen molar-refractivity contribution in [2.75, 3.05) is 25.1 Å². The summed E-state index contributed by atoms with van der Waals surface area (Å²) in [5, 5.41) is 14.8. The summed E-state index contributed by atoms with van der Waals surface area (Å²) in [5.74, 6) is -2.16. The van der Waals surface area contributed by atoms with Crippen LogP contribution < -0.4 is 27.8 Å². The number of hydrogen-bond donors (Lipinski definition) is 6. The van der Waals surface area contributed by atoms with Crippen molar-refractivity contribution in [3.8, 4) is 0 Å². The number of amides is 3. The van der Waals surface area contributed by atoms with Gasteiger partial charge in [-0.2, -0.15) is 11.8 Å². The zero-order valence-corrected chi connectivity index (χ0v) is 21.7. The first-order valence-corrected chi connectivity index (χ1v) is 13.4. The van der Waals surface area contributed by atoms with E-state index in [-0.39, 0.29) is 17.8 Å². The molecule has 0 aromatic carbocycles. The van der Waals surface area contributed by atoms with Crippen LogP contribution in [0.15, 0.2) is 4.99 Å². The van der Waals surface area contributed by atoms with Crippen molar-refractivity contribution in [3.05, 3.63) is 0 Å². The summed E-state index contributed by atoms with van der Waals surface area (Å²) in [7, 11) is 0. The van der Waals surface area contributed by atoms with Gasteiger partial charge in [-0.05, 0) is 50.0 Å². The van der Waals surface area contributed by atoms with Crippen LogP contribution in [0.1, 0.15) is 52.4 Å². The molecule has 3 amide bonds. The van der Waals surface area contributed by atoms with E-state index in [9.17, 15) is 24.3 Å². The predicted octanol–water partition coefficient (Wildman–Crippen LogP) is -0.788. The molecule has 0 aliphatic carbocycles. The van der Waals surface area contributed by atoms with Gasteiger partial charge in [-0.15, -0.1) is 0 Å². The lowest BCUT2D eigenvalue weighted by atomic mass is 9.98. The standard InChI is InChI=1S/C22H41N7O5S/c1-4-13(2)17(21(33)34)28-18(30)15(9-12-35-3)27-19(31)16-8-6-11-29(16)20(32)14(23)7-5-10-26-22(24)25/h13-17H,4-12,23H2,1-3H3,(H,27,31)(H,28,30)(H,33,34)(H4,24,25,26). The fourth-order valence-electron chi connectivity index (χ4n) is 3.87. The smallest absolute Gasteiger partial charge is 0.326 e. The molecule has 5 atom stereocenters. The molecule has 1 aliphatic heterocycles. The predicted molar refractivity (Wildman–Crippen MR) is 137 cm³/mol. The third kappa shape index (κ3) is 9.92. The van der Waals surface area contributed by atoms with Gasteiger partial charge in [0.25, 0.3) is 0 Å². The number of likely N-dealkylation sites (tertiary alicyclic amines) is 1. The van der Waals surface area contributed by atoms with Gasteiger partial charge in [0.05, 0.1) is 6.04 Å². The lowest BCUT2D eigenvalue weighted by Crippen LogP contribution is -2.57. The first-order chi connectivity index (χ1) is 16.5. The van der Waals surface area contributed by atoms with Crippen LogP contribution in [0.4, 0.5) is 0 Å². The van der Waals surface area contributed by atoms with Gasteiger partial charge >= 0.3 is 5.97 Å². The van der Waals surface area contributed by atoms with Gasteiger partial charge in [-0.3, -0.25) is 19.4 Å². The van der Waals surface area contributed by atoms with Crippen LogP contribution in [0.3, 0.4) is 0 Å². The molecule has 0 radical (unpaired) electrons. The number of aliphatic carboxylic acids is 1. The lowest BCUT2D eigenvalue weighted by molar-refractivity contribution is -0.144. The van der Waals surface area contributed by atoms with Crippen LogP contribution in [0, 0.1) is 5.92 Å². The zero-order valence-electron chi connectivity index (χ0n) is 20.9. The van der Waals surface area contributed by atoms with Crippen molar-refractivity contribution in [1.82, 2.24) is 15.5 Å². The van der Waals surface area contributed by atoms with Gasteiger partial charge in [-0.1, -0.05) is 20.3 Å². The zero-order chi connectivity index (χ0) is 26.5. The van der Waals surface area contributed by atoms with Gasteiger partial charge in [-0.25, -0.2) is 4.79 Å². The van der Waals surface area contributed by atoms with E-state index in [1.807, 2.05) is 13.2 Å². The van der Waals surface area contributed by atoms with Crippen LogP contribution >= 0.6 is 11.8 Å².